The number of rotatable bonds is 3. The first kappa shape index (κ1) is 15.7. The molecule has 0 radical (unpaired) electrons. The molecule has 2 aromatic rings. The predicted octanol–water partition coefficient (Wildman–Crippen LogP) is 1.27. The highest BCUT2D eigenvalue weighted by molar-refractivity contribution is 7.91. The first-order valence-corrected chi connectivity index (χ1v) is 9.28. The van der Waals surface area contributed by atoms with Gasteiger partial charge >= 0.3 is 0 Å². The van der Waals surface area contributed by atoms with Crippen LogP contribution in [0.3, 0.4) is 0 Å². The molecule has 1 fully saturated rings. The van der Waals surface area contributed by atoms with E-state index in [1.807, 2.05) is 13.0 Å². The van der Waals surface area contributed by atoms with E-state index in [1.54, 1.807) is 12.1 Å². The molecular weight excluding hydrogens is 318 g/mol. The van der Waals surface area contributed by atoms with Gasteiger partial charge in [0.1, 0.15) is 5.58 Å². The van der Waals surface area contributed by atoms with Gasteiger partial charge < -0.3 is 9.73 Å². The van der Waals surface area contributed by atoms with Gasteiger partial charge in [-0.1, -0.05) is 13.0 Å². The Balaban J connectivity index is 1.88. The summed E-state index contributed by atoms with van der Waals surface area (Å²) >= 11 is 0. The Hall–Kier alpha value is -2.15. The van der Waals surface area contributed by atoms with Crippen LogP contribution in [0.4, 0.5) is 0 Å². The normalized spacial score (nSPS) is 19.8. The van der Waals surface area contributed by atoms with Crippen molar-refractivity contribution in [2.24, 2.45) is 0 Å². The van der Waals surface area contributed by atoms with Gasteiger partial charge in [-0.25, -0.2) is 8.42 Å². The summed E-state index contributed by atoms with van der Waals surface area (Å²) < 4.78 is 28.4. The molecule has 1 N–H and O–H groups in total. The van der Waals surface area contributed by atoms with E-state index in [0.717, 1.165) is 18.1 Å². The van der Waals surface area contributed by atoms with Crippen LogP contribution in [0.25, 0.3) is 11.0 Å². The highest BCUT2D eigenvalue weighted by Gasteiger charge is 2.29. The molecule has 0 spiro atoms. The largest absolute Gasteiger partial charge is 0.451 e. The molecule has 0 aliphatic carbocycles. The number of benzene rings is 1. The Bertz CT molecular complexity index is 929. The van der Waals surface area contributed by atoms with Crippen LogP contribution in [0.1, 0.15) is 29.5 Å². The fourth-order valence-electron chi connectivity index (χ4n) is 2.70. The van der Waals surface area contributed by atoms with Crippen molar-refractivity contribution in [1.82, 2.24) is 5.32 Å². The van der Waals surface area contributed by atoms with Crippen LogP contribution >= 0.6 is 0 Å². The quantitative estimate of drug-likeness (QED) is 0.912. The van der Waals surface area contributed by atoms with E-state index in [9.17, 15) is 18.0 Å². The average Bonchev–Trinajstić information content (AvgIpc) is 2.85. The Morgan fingerprint density at radius 1 is 1.35 bits per heavy atom. The van der Waals surface area contributed by atoms with Gasteiger partial charge in [0.05, 0.1) is 16.9 Å². The second-order valence-electron chi connectivity index (χ2n) is 5.73. The van der Waals surface area contributed by atoms with Gasteiger partial charge in [0, 0.05) is 12.1 Å². The third-order valence-corrected chi connectivity index (χ3v) is 5.76. The van der Waals surface area contributed by atoms with Gasteiger partial charge in [-0.05, 0) is 30.5 Å². The van der Waals surface area contributed by atoms with Crippen molar-refractivity contribution in [2.75, 3.05) is 11.5 Å². The Morgan fingerprint density at radius 3 is 2.78 bits per heavy atom. The van der Waals surface area contributed by atoms with Crippen molar-refractivity contribution in [3.63, 3.8) is 0 Å². The number of fused-ring (bicyclic) bond motifs is 1. The van der Waals surface area contributed by atoms with E-state index in [-0.39, 0.29) is 22.7 Å². The summed E-state index contributed by atoms with van der Waals surface area (Å²) in [4.78, 5) is 24.4. The van der Waals surface area contributed by atoms with E-state index >= 15 is 0 Å². The molecule has 0 bridgehead atoms. The summed E-state index contributed by atoms with van der Waals surface area (Å²) in [6.45, 7) is 1.99. The second-order valence-corrected chi connectivity index (χ2v) is 7.96. The Labute approximate surface area is 133 Å². The van der Waals surface area contributed by atoms with Crippen molar-refractivity contribution in [2.45, 2.75) is 25.8 Å². The number of sulfone groups is 1. The molecule has 7 heteroatoms. The predicted molar refractivity (Wildman–Crippen MR) is 86.4 cm³/mol. The van der Waals surface area contributed by atoms with E-state index in [0.29, 0.717) is 17.4 Å². The fraction of sp³-hybridized carbons (Fsp3) is 0.375. The first-order valence-electron chi connectivity index (χ1n) is 7.46. The number of hydrogen-bond donors (Lipinski definition) is 1. The molecule has 1 aromatic carbocycles. The smallest absolute Gasteiger partial charge is 0.287 e. The van der Waals surface area contributed by atoms with Crippen molar-refractivity contribution < 1.29 is 17.6 Å². The summed E-state index contributed by atoms with van der Waals surface area (Å²) in [5.41, 5.74) is 1.07. The van der Waals surface area contributed by atoms with Crippen LogP contribution in [0.15, 0.2) is 33.5 Å². The number of carbonyl (C=O) groups excluding carboxylic acids is 1. The second kappa shape index (κ2) is 5.81. The van der Waals surface area contributed by atoms with Gasteiger partial charge in [0.25, 0.3) is 5.91 Å². The lowest BCUT2D eigenvalue weighted by Gasteiger charge is -2.10. The molecule has 1 aliphatic rings. The summed E-state index contributed by atoms with van der Waals surface area (Å²) in [5, 5.41) is 3.05. The van der Waals surface area contributed by atoms with Crippen molar-refractivity contribution >= 4 is 26.7 Å². The van der Waals surface area contributed by atoms with Crippen LogP contribution in [-0.2, 0) is 16.3 Å². The molecule has 1 aromatic heterocycles. The molecule has 122 valence electrons. The van der Waals surface area contributed by atoms with Crippen molar-refractivity contribution in [1.29, 1.82) is 0 Å². The third kappa shape index (κ3) is 3.29. The van der Waals surface area contributed by atoms with E-state index in [2.05, 4.69) is 5.32 Å². The van der Waals surface area contributed by atoms with Crippen molar-refractivity contribution in [3.05, 3.63) is 45.8 Å². The average molecular weight is 335 g/mol. The molecule has 1 aliphatic heterocycles. The maximum absolute atomic E-state index is 12.2. The van der Waals surface area contributed by atoms with Gasteiger partial charge in [0.15, 0.2) is 21.0 Å². The molecule has 1 atom stereocenters. The Morgan fingerprint density at radius 2 is 2.13 bits per heavy atom. The van der Waals surface area contributed by atoms with Crippen LogP contribution in [-0.4, -0.2) is 31.9 Å². The molecule has 6 nitrogen and oxygen atoms in total. The maximum atomic E-state index is 12.2. The minimum Gasteiger partial charge on any atom is -0.451 e. The molecule has 0 saturated carbocycles. The van der Waals surface area contributed by atoms with Gasteiger partial charge in [-0.3, -0.25) is 9.59 Å². The number of aryl methyl sites for hydroxylation is 1. The SMILES string of the molecule is CCc1ccc2oc(C(=O)N[C@@H]3CCS(=O)(=O)C3)cc(=O)c2c1. The summed E-state index contributed by atoms with van der Waals surface area (Å²) in [6.07, 6.45) is 1.18. The zero-order valence-electron chi connectivity index (χ0n) is 12.7. The number of carbonyl (C=O) groups is 1. The lowest BCUT2D eigenvalue weighted by Crippen LogP contribution is -2.35. The lowest BCUT2D eigenvalue weighted by molar-refractivity contribution is 0.0913. The molecule has 0 unspecified atom stereocenters. The fourth-order valence-corrected chi connectivity index (χ4v) is 4.37. The minimum atomic E-state index is -3.08. The van der Waals surface area contributed by atoms with Crippen LogP contribution in [0.2, 0.25) is 0 Å². The highest BCUT2D eigenvalue weighted by Crippen LogP contribution is 2.16. The van der Waals surface area contributed by atoms with Crippen LogP contribution < -0.4 is 10.7 Å². The van der Waals surface area contributed by atoms with Gasteiger partial charge in [0.2, 0.25) is 0 Å². The third-order valence-electron chi connectivity index (χ3n) is 3.99. The molecule has 23 heavy (non-hydrogen) atoms. The van der Waals surface area contributed by atoms with Gasteiger partial charge in [-0.2, -0.15) is 0 Å². The standard InChI is InChI=1S/C16H17NO5S/c1-2-10-3-4-14-12(7-10)13(18)8-15(22-14)16(19)17-11-5-6-23(20,21)9-11/h3-4,7-8,11H,2,5-6,9H2,1H3,(H,17,19)/t11-/m1/s1. The van der Waals surface area contributed by atoms with E-state index < -0.39 is 21.8 Å². The Kier molecular flexibility index (Phi) is 3.97. The molecular formula is C16H17NO5S. The monoisotopic (exact) mass is 335 g/mol. The van der Waals surface area contributed by atoms with E-state index in [1.165, 1.54) is 0 Å². The number of nitrogens with one attached hydrogen (secondary N) is 1. The number of amides is 1. The van der Waals surface area contributed by atoms with Crippen LogP contribution in [0, 0.1) is 0 Å². The molecule has 1 amide bonds. The summed E-state index contributed by atoms with van der Waals surface area (Å²) in [7, 11) is -3.08. The maximum Gasteiger partial charge on any atom is 0.287 e. The topological polar surface area (TPSA) is 93.4 Å². The molecule has 2 heterocycles. The zero-order valence-corrected chi connectivity index (χ0v) is 13.5. The van der Waals surface area contributed by atoms with Gasteiger partial charge in [-0.15, -0.1) is 0 Å². The molecule has 3 rings (SSSR count). The van der Waals surface area contributed by atoms with Crippen LogP contribution in [0.5, 0.6) is 0 Å². The molecule has 1 saturated heterocycles. The van der Waals surface area contributed by atoms with E-state index in [4.69, 9.17) is 4.42 Å². The summed E-state index contributed by atoms with van der Waals surface area (Å²) in [6, 6.07) is 5.99. The zero-order chi connectivity index (χ0) is 16.6. The first-order chi connectivity index (χ1) is 10.9. The van der Waals surface area contributed by atoms with Crippen molar-refractivity contribution in [3.8, 4) is 0 Å². The highest BCUT2D eigenvalue weighted by atomic mass is 32.2. The summed E-state index contributed by atoms with van der Waals surface area (Å²) in [5.74, 6) is -0.669. The minimum absolute atomic E-state index is 0.0689. The lowest BCUT2D eigenvalue weighted by atomic mass is 10.1. The number of hydrogen-bond acceptors (Lipinski definition) is 5.